The average molecular weight is 513 g/mol. The molecule has 0 unspecified atom stereocenters. The van der Waals surface area contributed by atoms with Crippen molar-refractivity contribution in [2.75, 3.05) is 50.8 Å². The number of carbonyl (C=O) groups is 4. The van der Waals surface area contributed by atoms with Crippen LogP contribution in [0.1, 0.15) is 50.0 Å². The van der Waals surface area contributed by atoms with E-state index in [0.29, 0.717) is 44.7 Å². The molecule has 0 bridgehead atoms. The van der Waals surface area contributed by atoms with Gasteiger partial charge in [-0.1, -0.05) is 12.0 Å². The minimum Gasteiger partial charge on any atom is -0.466 e. The van der Waals surface area contributed by atoms with E-state index in [2.05, 4.69) is 16.1 Å². The molecule has 0 aliphatic carbocycles. The molecule has 0 radical (unpaired) electrons. The van der Waals surface area contributed by atoms with Gasteiger partial charge in [-0.2, -0.15) is 0 Å². The first kappa shape index (κ1) is 27.8. The van der Waals surface area contributed by atoms with Crippen molar-refractivity contribution in [1.82, 2.24) is 15.1 Å². The number of nitrogens with one attached hydrogen (secondary N) is 1. The van der Waals surface area contributed by atoms with Crippen molar-refractivity contribution in [3.63, 3.8) is 0 Å². The molecule has 3 rings (SSSR count). The standard InChI is InChI=1S/C27H36N4O6/c1-6-20(16-24(33)36-7-2)28-23(32)18-31-11-10-19-8-9-21(17-22(19)25(31)34)29-12-14-30(15-13-29)26(35)37-27(3,4)5/h1,8-9,17,20H,7,10-16,18H2,2-5H3,(H,28,32)/t20-/m1/s1. The maximum absolute atomic E-state index is 13.2. The first-order chi connectivity index (χ1) is 17.5. The Balaban J connectivity index is 1.59. The molecule has 10 heteroatoms. The summed E-state index contributed by atoms with van der Waals surface area (Å²) in [7, 11) is 0. The first-order valence-corrected chi connectivity index (χ1v) is 12.6. The minimum atomic E-state index is -0.801. The topological polar surface area (TPSA) is 108 Å². The molecule has 3 amide bonds. The van der Waals surface area contributed by atoms with Gasteiger partial charge < -0.3 is 29.5 Å². The Morgan fingerprint density at radius 3 is 2.46 bits per heavy atom. The molecule has 1 aromatic carbocycles. The van der Waals surface area contributed by atoms with Gasteiger partial charge in [0.15, 0.2) is 0 Å². The number of hydrogen-bond donors (Lipinski definition) is 1. The van der Waals surface area contributed by atoms with Crippen molar-refractivity contribution in [2.45, 2.75) is 52.2 Å². The van der Waals surface area contributed by atoms with Crippen LogP contribution >= 0.6 is 0 Å². The van der Waals surface area contributed by atoms with E-state index in [0.717, 1.165) is 11.3 Å². The fourth-order valence-electron chi connectivity index (χ4n) is 4.28. The Hall–Kier alpha value is -3.74. The van der Waals surface area contributed by atoms with E-state index < -0.39 is 23.5 Å². The van der Waals surface area contributed by atoms with Crippen molar-refractivity contribution < 1.29 is 28.7 Å². The number of nitrogens with zero attached hydrogens (tertiary/aromatic N) is 3. The zero-order valence-corrected chi connectivity index (χ0v) is 22.0. The third kappa shape index (κ3) is 7.62. The van der Waals surface area contributed by atoms with Crippen LogP contribution in [-0.4, -0.2) is 91.2 Å². The number of benzene rings is 1. The van der Waals surface area contributed by atoms with E-state index >= 15 is 0 Å². The van der Waals surface area contributed by atoms with E-state index in [-0.39, 0.29) is 31.6 Å². The molecule has 1 saturated heterocycles. The third-order valence-electron chi connectivity index (χ3n) is 6.11. The van der Waals surface area contributed by atoms with Crippen LogP contribution < -0.4 is 10.2 Å². The molecule has 0 saturated carbocycles. The van der Waals surface area contributed by atoms with Crippen LogP contribution in [0.4, 0.5) is 10.5 Å². The molecule has 2 aliphatic heterocycles. The molecule has 200 valence electrons. The Morgan fingerprint density at radius 1 is 1.14 bits per heavy atom. The van der Waals surface area contributed by atoms with Gasteiger partial charge in [0.25, 0.3) is 5.91 Å². The zero-order valence-electron chi connectivity index (χ0n) is 22.0. The Kier molecular flexibility index (Phi) is 9.03. The van der Waals surface area contributed by atoms with Crippen molar-refractivity contribution in [3.05, 3.63) is 29.3 Å². The summed E-state index contributed by atoms with van der Waals surface area (Å²) in [4.78, 5) is 55.1. The van der Waals surface area contributed by atoms with Crippen LogP contribution in [0.5, 0.6) is 0 Å². The number of ether oxygens (including phenoxy) is 2. The largest absolute Gasteiger partial charge is 0.466 e. The summed E-state index contributed by atoms with van der Waals surface area (Å²) >= 11 is 0. The first-order valence-electron chi connectivity index (χ1n) is 12.6. The number of piperazine rings is 1. The Labute approximate surface area is 218 Å². The van der Waals surface area contributed by atoms with E-state index in [1.807, 2.05) is 39.0 Å². The summed E-state index contributed by atoms with van der Waals surface area (Å²) in [6, 6.07) is 5.00. The van der Waals surface area contributed by atoms with Gasteiger partial charge in [0, 0.05) is 44.0 Å². The maximum Gasteiger partial charge on any atom is 0.410 e. The van der Waals surface area contributed by atoms with E-state index in [1.165, 1.54) is 4.90 Å². The van der Waals surface area contributed by atoms with Crippen molar-refractivity contribution in [1.29, 1.82) is 0 Å². The normalized spacial score (nSPS) is 16.4. The smallest absolute Gasteiger partial charge is 0.410 e. The summed E-state index contributed by atoms with van der Waals surface area (Å²) < 4.78 is 10.3. The van der Waals surface area contributed by atoms with Crippen molar-refractivity contribution in [3.8, 4) is 12.3 Å². The van der Waals surface area contributed by atoms with Crippen LogP contribution in [-0.2, 0) is 25.5 Å². The minimum absolute atomic E-state index is 0.128. The fraction of sp³-hybridized carbons (Fsp3) is 0.556. The number of amides is 3. The Morgan fingerprint density at radius 2 is 1.84 bits per heavy atom. The van der Waals surface area contributed by atoms with Gasteiger partial charge in [-0.3, -0.25) is 14.4 Å². The molecule has 2 aliphatic rings. The number of fused-ring (bicyclic) bond motifs is 1. The van der Waals surface area contributed by atoms with Crippen LogP contribution in [0, 0.1) is 12.3 Å². The lowest BCUT2D eigenvalue weighted by Gasteiger charge is -2.37. The number of terminal acetylenes is 1. The molecule has 1 aromatic rings. The molecule has 0 aromatic heterocycles. The number of anilines is 1. The second-order valence-corrected chi connectivity index (χ2v) is 10.1. The van der Waals surface area contributed by atoms with Crippen LogP contribution in [0.25, 0.3) is 0 Å². The van der Waals surface area contributed by atoms with E-state index in [9.17, 15) is 19.2 Å². The van der Waals surface area contributed by atoms with Gasteiger partial charge in [-0.25, -0.2) is 4.79 Å². The summed E-state index contributed by atoms with van der Waals surface area (Å²) in [5.41, 5.74) is 1.84. The molecular formula is C27H36N4O6. The second-order valence-electron chi connectivity index (χ2n) is 10.1. The Bertz CT molecular complexity index is 1070. The number of carbonyl (C=O) groups excluding carboxylic acids is 4. The SMILES string of the molecule is C#C[C@H](CC(=O)OCC)NC(=O)CN1CCc2ccc(N3CCN(C(=O)OC(C)(C)C)CC3)cc2C1=O. The molecule has 10 nitrogen and oxygen atoms in total. The highest BCUT2D eigenvalue weighted by Gasteiger charge is 2.29. The van der Waals surface area contributed by atoms with Crippen LogP contribution in [0.15, 0.2) is 18.2 Å². The molecule has 1 N–H and O–H groups in total. The van der Waals surface area contributed by atoms with Gasteiger partial charge in [-0.15, -0.1) is 6.42 Å². The van der Waals surface area contributed by atoms with Gasteiger partial charge in [-0.05, 0) is 51.8 Å². The van der Waals surface area contributed by atoms with Crippen LogP contribution in [0.2, 0.25) is 0 Å². The van der Waals surface area contributed by atoms with Crippen molar-refractivity contribution >= 4 is 29.6 Å². The molecular weight excluding hydrogens is 476 g/mol. The number of hydrogen-bond acceptors (Lipinski definition) is 7. The summed E-state index contributed by atoms with van der Waals surface area (Å²) in [5, 5.41) is 2.62. The third-order valence-corrected chi connectivity index (χ3v) is 6.11. The van der Waals surface area contributed by atoms with Gasteiger partial charge in [0.1, 0.15) is 11.6 Å². The lowest BCUT2D eigenvalue weighted by Crippen LogP contribution is -2.50. The molecule has 1 atom stereocenters. The summed E-state index contributed by atoms with van der Waals surface area (Å²) in [6.07, 6.45) is 5.62. The van der Waals surface area contributed by atoms with E-state index in [1.54, 1.807) is 11.8 Å². The number of rotatable bonds is 7. The summed E-state index contributed by atoms with van der Waals surface area (Å²) in [6.45, 7) is 9.98. The van der Waals surface area contributed by atoms with Crippen LogP contribution in [0.3, 0.4) is 0 Å². The average Bonchev–Trinajstić information content (AvgIpc) is 2.84. The highest BCUT2D eigenvalue weighted by atomic mass is 16.6. The van der Waals surface area contributed by atoms with Crippen molar-refractivity contribution in [2.24, 2.45) is 0 Å². The molecule has 0 spiro atoms. The van der Waals surface area contributed by atoms with Gasteiger partial charge in [0.05, 0.1) is 19.6 Å². The highest BCUT2D eigenvalue weighted by Crippen LogP contribution is 2.26. The predicted molar refractivity (Wildman–Crippen MR) is 138 cm³/mol. The van der Waals surface area contributed by atoms with Gasteiger partial charge >= 0.3 is 12.1 Å². The zero-order chi connectivity index (χ0) is 27.2. The maximum atomic E-state index is 13.2. The van der Waals surface area contributed by atoms with Gasteiger partial charge in [0.2, 0.25) is 5.91 Å². The molecule has 2 heterocycles. The monoisotopic (exact) mass is 512 g/mol. The lowest BCUT2D eigenvalue weighted by molar-refractivity contribution is -0.143. The fourth-order valence-corrected chi connectivity index (χ4v) is 4.28. The predicted octanol–water partition coefficient (Wildman–Crippen LogP) is 1.81. The summed E-state index contributed by atoms with van der Waals surface area (Å²) in [5.74, 6) is 1.22. The second kappa shape index (κ2) is 12.0. The lowest BCUT2D eigenvalue weighted by atomic mass is 9.97. The molecule has 37 heavy (non-hydrogen) atoms. The molecule has 1 fully saturated rings. The van der Waals surface area contributed by atoms with E-state index in [4.69, 9.17) is 15.9 Å². The quantitative estimate of drug-likeness (QED) is 0.439. The number of esters is 1. The highest BCUT2D eigenvalue weighted by molar-refractivity contribution is 5.99.